The van der Waals surface area contributed by atoms with Crippen LogP contribution in [0.5, 0.6) is 0 Å². The first-order chi connectivity index (χ1) is 11.3. The topological polar surface area (TPSA) is 102 Å². The first kappa shape index (κ1) is 17.7. The molecule has 0 aromatic carbocycles. The fourth-order valence-electron chi connectivity index (χ4n) is 2.14. The van der Waals surface area contributed by atoms with Crippen LogP contribution in [0.25, 0.3) is 0 Å². The lowest BCUT2D eigenvalue weighted by Gasteiger charge is -2.10. The van der Waals surface area contributed by atoms with Crippen LogP contribution in [-0.2, 0) is 11.3 Å². The zero-order valence-corrected chi connectivity index (χ0v) is 14.1. The second-order valence-corrected chi connectivity index (χ2v) is 6.30. The number of nitrogens with one attached hydrogen (secondary N) is 1. The molecular formula is C14H16FN5O3S. The molecule has 24 heavy (non-hydrogen) atoms. The van der Waals surface area contributed by atoms with E-state index in [4.69, 9.17) is 0 Å². The van der Waals surface area contributed by atoms with Crippen molar-refractivity contribution in [1.29, 1.82) is 0 Å². The molecule has 8 nitrogen and oxygen atoms in total. The predicted molar refractivity (Wildman–Crippen MR) is 87.5 cm³/mol. The molecule has 2 heterocycles. The molecular weight excluding hydrogens is 337 g/mol. The maximum atomic E-state index is 12.8. The van der Waals surface area contributed by atoms with E-state index in [1.165, 1.54) is 17.0 Å². The van der Waals surface area contributed by atoms with Crippen molar-refractivity contribution < 1.29 is 14.1 Å². The highest BCUT2D eigenvalue weighted by atomic mass is 32.1. The van der Waals surface area contributed by atoms with Crippen LogP contribution in [0.4, 0.5) is 10.1 Å². The number of hydrogen-bond donors (Lipinski definition) is 1. The molecule has 2 aromatic rings. The van der Waals surface area contributed by atoms with E-state index >= 15 is 0 Å². The molecule has 1 unspecified atom stereocenters. The van der Waals surface area contributed by atoms with Crippen molar-refractivity contribution in [3.8, 4) is 0 Å². The lowest BCUT2D eigenvalue weighted by atomic mass is 10.1. The van der Waals surface area contributed by atoms with E-state index in [0.29, 0.717) is 16.3 Å². The SMILES string of the molecule is Cc1nn(CC(C)C(=O)NN=Cc2ccc(F)s2)c(C)c1[N+](=O)[O-]. The van der Waals surface area contributed by atoms with Gasteiger partial charge < -0.3 is 0 Å². The summed E-state index contributed by atoms with van der Waals surface area (Å²) in [5, 5.41) is 18.5. The van der Waals surface area contributed by atoms with Gasteiger partial charge >= 0.3 is 5.69 Å². The number of carbonyl (C=O) groups excluding carboxylic acids is 1. The maximum Gasteiger partial charge on any atom is 0.312 e. The fourth-order valence-corrected chi connectivity index (χ4v) is 2.74. The van der Waals surface area contributed by atoms with Gasteiger partial charge in [0, 0.05) is 0 Å². The molecule has 128 valence electrons. The Morgan fingerprint density at radius 2 is 2.29 bits per heavy atom. The van der Waals surface area contributed by atoms with Gasteiger partial charge in [-0.15, -0.1) is 11.3 Å². The van der Waals surface area contributed by atoms with E-state index in [9.17, 15) is 19.3 Å². The van der Waals surface area contributed by atoms with Crippen molar-refractivity contribution in [1.82, 2.24) is 15.2 Å². The highest BCUT2D eigenvalue weighted by molar-refractivity contribution is 7.12. The van der Waals surface area contributed by atoms with Gasteiger partial charge in [-0.1, -0.05) is 6.92 Å². The number of nitrogens with zero attached hydrogens (tertiary/aromatic N) is 4. The highest BCUT2D eigenvalue weighted by Crippen LogP contribution is 2.22. The first-order valence-electron chi connectivity index (χ1n) is 7.06. The van der Waals surface area contributed by atoms with E-state index < -0.39 is 10.8 Å². The molecule has 0 spiro atoms. The van der Waals surface area contributed by atoms with Crippen LogP contribution >= 0.6 is 11.3 Å². The Hall–Kier alpha value is -2.62. The van der Waals surface area contributed by atoms with Gasteiger partial charge in [-0.25, -0.2) is 5.43 Å². The number of amides is 1. The molecule has 0 aliphatic heterocycles. The molecule has 0 saturated carbocycles. The smallest absolute Gasteiger partial charge is 0.273 e. The number of carbonyl (C=O) groups is 1. The second-order valence-electron chi connectivity index (χ2n) is 5.24. The molecule has 2 aromatic heterocycles. The number of hydrazone groups is 1. The first-order valence-corrected chi connectivity index (χ1v) is 7.88. The summed E-state index contributed by atoms with van der Waals surface area (Å²) in [4.78, 5) is 23.1. The number of nitro groups is 1. The maximum absolute atomic E-state index is 12.8. The standard InChI is InChI=1S/C14H16FN5O3S/c1-8(7-19-10(3)13(20(22)23)9(2)18-19)14(21)17-16-6-11-4-5-12(15)24-11/h4-6,8H,7H2,1-3H3,(H,17,21). The average Bonchev–Trinajstić information content (AvgIpc) is 3.02. The summed E-state index contributed by atoms with van der Waals surface area (Å²) < 4.78 is 14.3. The Kier molecular flexibility index (Phi) is 5.39. The summed E-state index contributed by atoms with van der Waals surface area (Å²) in [6, 6.07) is 2.86. The second kappa shape index (κ2) is 7.30. The summed E-state index contributed by atoms with van der Waals surface area (Å²) in [7, 11) is 0. The van der Waals surface area contributed by atoms with Crippen molar-refractivity contribution in [2.75, 3.05) is 0 Å². The molecule has 0 aliphatic rings. The monoisotopic (exact) mass is 353 g/mol. The molecule has 0 fully saturated rings. The predicted octanol–water partition coefficient (Wildman–Crippen LogP) is 2.40. The van der Waals surface area contributed by atoms with Gasteiger partial charge in [0.2, 0.25) is 5.91 Å². The molecule has 2 rings (SSSR count). The molecule has 1 N–H and O–H groups in total. The average molecular weight is 353 g/mol. The Bertz CT molecular complexity index is 798. The van der Waals surface area contributed by atoms with Crippen LogP contribution in [0.2, 0.25) is 0 Å². The molecule has 0 radical (unpaired) electrons. The zero-order valence-electron chi connectivity index (χ0n) is 13.3. The molecule has 0 bridgehead atoms. The fraction of sp³-hybridized carbons (Fsp3) is 0.357. The number of hydrogen-bond acceptors (Lipinski definition) is 6. The van der Waals surface area contributed by atoms with Gasteiger partial charge in [0.05, 0.1) is 28.5 Å². The van der Waals surface area contributed by atoms with Crippen LogP contribution < -0.4 is 5.43 Å². The van der Waals surface area contributed by atoms with Crippen molar-refractivity contribution in [2.24, 2.45) is 11.0 Å². The molecule has 0 saturated heterocycles. The normalized spacial score (nSPS) is 12.5. The van der Waals surface area contributed by atoms with Crippen LogP contribution in [0, 0.1) is 35.0 Å². The number of thiophene rings is 1. The number of rotatable bonds is 6. The Labute approximate surface area is 141 Å². The minimum Gasteiger partial charge on any atom is -0.273 e. The van der Waals surface area contributed by atoms with Gasteiger partial charge in [-0.3, -0.25) is 19.6 Å². The van der Waals surface area contributed by atoms with E-state index in [1.54, 1.807) is 26.8 Å². The summed E-state index contributed by atoms with van der Waals surface area (Å²) in [5.74, 6) is -0.863. The third-order valence-corrected chi connectivity index (χ3v) is 4.19. The zero-order chi connectivity index (χ0) is 17.9. The minimum absolute atomic E-state index is 0.0413. The Morgan fingerprint density at radius 1 is 1.58 bits per heavy atom. The number of aryl methyl sites for hydroxylation is 1. The van der Waals surface area contributed by atoms with E-state index in [2.05, 4.69) is 15.6 Å². The van der Waals surface area contributed by atoms with Gasteiger partial charge in [0.1, 0.15) is 11.4 Å². The van der Waals surface area contributed by atoms with E-state index in [1.807, 2.05) is 0 Å². The minimum atomic E-state index is -0.500. The quantitative estimate of drug-likeness (QED) is 0.489. The number of halogens is 1. The van der Waals surface area contributed by atoms with Gasteiger partial charge in [0.15, 0.2) is 5.13 Å². The summed E-state index contributed by atoms with van der Waals surface area (Å²) >= 11 is 0.914. The molecule has 1 amide bonds. The third kappa shape index (κ3) is 4.02. The van der Waals surface area contributed by atoms with Gasteiger partial charge in [-0.05, 0) is 26.0 Å². The van der Waals surface area contributed by atoms with E-state index in [0.717, 1.165) is 11.3 Å². The number of aromatic nitrogens is 2. The van der Waals surface area contributed by atoms with Gasteiger partial charge in [0.25, 0.3) is 0 Å². The Balaban J connectivity index is 1.98. The summed E-state index contributed by atoms with van der Waals surface area (Å²) in [6.07, 6.45) is 1.35. The summed E-state index contributed by atoms with van der Waals surface area (Å²) in [6.45, 7) is 5.00. The largest absolute Gasteiger partial charge is 0.312 e. The molecule has 1 atom stereocenters. The Morgan fingerprint density at radius 3 is 2.83 bits per heavy atom. The molecule has 10 heteroatoms. The lowest BCUT2D eigenvalue weighted by molar-refractivity contribution is -0.386. The summed E-state index contributed by atoms with van der Waals surface area (Å²) in [5.41, 5.74) is 3.03. The lowest BCUT2D eigenvalue weighted by Crippen LogP contribution is -2.28. The van der Waals surface area contributed by atoms with Crippen molar-refractivity contribution >= 4 is 29.1 Å². The van der Waals surface area contributed by atoms with Crippen LogP contribution in [0.15, 0.2) is 17.2 Å². The van der Waals surface area contributed by atoms with Gasteiger partial charge in [-0.2, -0.15) is 14.6 Å². The highest BCUT2D eigenvalue weighted by Gasteiger charge is 2.24. The third-order valence-electron chi connectivity index (χ3n) is 3.38. The van der Waals surface area contributed by atoms with Crippen molar-refractivity contribution in [3.05, 3.63) is 43.6 Å². The van der Waals surface area contributed by atoms with Crippen LogP contribution in [-0.4, -0.2) is 26.8 Å². The van der Waals surface area contributed by atoms with Crippen molar-refractivity contribution in [2.45, 2.75) is 27.3 Å². The van der Waals surface area contributed by atoms with Crippen LogP contribution in [0.1, 0.15) is 23.2 Å². The van der Waals surface area contributed by atoms with E-state index in [-0.39, 0.29) is 23.3 Å². The molecule has 0 aliphatic carbocycles. The van der Waals surface area contributed by atoms with Crippen LogP contribution in [0.3, 0.4) is 0 Å². The van der Waals surface area contributed by atoms with Crippen molar-refractivity contribution in [3.63, 3.8) is 0 Å².